The second kappa shape index (κ2) is 17.0. The van der Waals surface area contributed by atoms with Crippen LogP contribution in [0, 0.1) is 5.82 Å². The predicted molar refractivity (Wildman–Crippen MR) is 154 cm³/mol. The van der Waals surface area contributed by atoms with Gasteiger partial charge in [-0.15, -0.1) is 0 Å². The first-order chi connectivity index (χ1) is 18.6. The molecule has 2 aromatic rings. The number of unbranched alkanes of at least 4 members (excludes halogenated alkanes) is 14. The molecule has 4 heteroatoms. The molecule has 0 saturated carbocycles. The summed E-state index contributed by atoms with van der Waals surface area (Å²) in [5, 5.41) is 0. The molecule has 0 aromatic heterocycles. The third-order valence-corrected chi connectivity index (χ3v) is 7.36. The lowest BCUT2D eigenvalue weighted by atomic mass is 10.00. The second-order valence-corrected chi connectivity index (χ2v) is 10.7. The van der Waals surface area contributed by atoms with Crippen LogP contribution in [-0.2, 0) is 11.2 Å². The summed E-state index contributed by atoms with van der Waals surface area (Å²) in [5.74, 6) is 0.400. The van der Waals surface area contributed by atoms with Crippen molar-refractivity contribution in [3.05, 3.63) is 70.7 Å². The molecule has 0 radical (unpaired) electrons. The lowest BCUT2D eigenvalue weighted by Crippen LogP contribution is -2.03. The molecule has 0 unspecified atom stereocenters. The number of ketones is 2. The Bertz CT molecular complexity index is 1040. The number of fused-ring (bicyclic) bond motifs is 1. The van der Waals surface area contributed by atoms with E-state index in [9.17, 15) is 14.0 Å². The lowest BCUT2D eigenvalue weighted by Gasteiger charge is -2.04. The summed E-state index contributed by atoms with van der Waals surface area (Å²) in [6.07, 6.45) is 22.2. The highest BCUT2D eigenvalue weighted by atomic mass is 19.1. The van der Waals surface area contributed by atoms with Gasteiger partial charge in [0.2, 0.25) is 5.78 Å². The van der Waals surface area contributed by atoms with Gasteiger partial charge in [0.1, 0.15) is 17.3 Å². The maximum Gasteiger partial charge on any atom is 0.231 e. The van der Waals surface area contributed by atoms with Crippen LogP contribution < -0.4 is 4.74 Å². The minimum absolute atomic E-state index is 0.207. The molecule has 3 nitrogen and oxygen atoms in total. The van der Waals surface area contributed by atoms with Crippen LogP contribution in [0.1, 0.15) is 131 Å². The summed E-state index contributed by atoms with van der Waals surface area (Å²) >= 11 is 0. The molecule has 2 aromatic carbocycles. The fourth-order valence-corrected chi connectivity index (χ4v) is 5.07. The Hall–Kier alpha value is -2.75. The zero-order chi connectivity index (χ0) is 27.0. The van der Waals surface area contributed by atoms with Gasteiger partial charge >= 0.3 is 0 Å². The van der Waals surface area contributed by atoms with Gasteiger partial charge in [0.25, 0.3) is 0 Å². The van der Waals surface area contributed by atoms with Gasteiger partial charge in [-0.25, -0.2) is 4.39 Å². The molecule has 38 heavy (non-hydrogen) atoms. The van der Waals surface area contributed by atoms with Crippen LogP contribution in [0.3, 0.4) is 0 Å². The molecule has 1 aliphatic rings. The molecule has 206 valence electrons. The summed E-state index contributed by atoms with van der Waals surface area (Å²) in [6.45, 7) is 2.27. The highest BCUT2D eigenvalue weighted by Crippen LogP contribution is 2.33. The van der Waals surface area contributed by atoms with E-state index in [1.54, 1.807) is 30.3 Å². The number of Topliss-reactive ketones (excluding diaryl/α,β-unsaturated/α-hetero) is 2. The Morgan fingerprint density at radius 1 is 0.763 bits per heavy atom. The number of hydrogen-bond acceptors (Lipinski definition) is 3. The van der Waals surface area contributed by atoms with Gasteiger partial charge in [-0.1, -0.05) is 115 Å². The number of rotatable bonds is 19. The third kappa shape index (κ3) is 10.6. The van der Waals surface area contributed by atoms with Crippen molar-refractivity contribution in [3.63, 3.8) is 0 Å². The van der Waals surface area contributed by atoms with Gasteiger partial charge in [-0.3, -0.25) is 9.59 Å². The van der Waals surface area contributed by atoms with Crippen molar-refractivity contribution < 1.29 is 18.7 Å². The molecule has 3 rings (SSSR count). The van der Waals surface area contributed by atoms with Crippen LogP contribution in [0.5, 0.6) is 5.75 Å². The molecule has 0 spiro atoms. The summed E-state index contributed by atoms with van der Waals surface area (Å²) in [5.41, 5.74) is 2.02. The first-order valence-electron chi connectivity index (χ1n) is 14.9. The molecule has 0 fully saturated rings. The Labute approximate surface area is 228 Å². The van der Waals surface area contributed by atoms with Crippen LogP contribution in [0.4, 0.5) is 4.39 Å². The largest absolute Gasteiger partial charge is 0.452 e. The first-order valence-corrected chi connectivity index (χ1v) is 14.9. The molecule has 0 atom stereocenters. The highest BCUT2D eigenvalue weighted by Gasteiger charge is 2.27. The van der Waals surface area contributed by atoms with Crippen molar-refractivity contribution in [1.29, 1.82) is 0 Å². The maximum atomic E-state index is 13.1. The molecular weight excluding hydrogens is 475 g/mol. The standard InChI is InChI=1S/C34H45FO3/c1-2-3-4-5-6-7-8-9-10-11-12-13-14-15-16-17-30(36)24-28-20-23-32-31(25-28)34(37)33(38-32)26-27-18-21-29(35)22-19-27/h18-23,25-26H,2-17,24H2,1H3/b33-26-. The summed E-state index contributed by atoms with van der Waals surface area (Å²) in [6, 6.07) is 11.3. The Morgan fingerprint density at radius 3 is 1.89 bits per heavy atom. The van der Waals surface area contributed by atoms with Crippen molar-refractivity contribution in [2.24, 2.45) is 0 Å². The highest BCUT2D eigenvalue weighted by molar-refractivity contribution is 6.14. The zero-order valence-corrected chi connectivity index (χ0v) is 23.2. The minimum atomic E-state index is -0.326. The fraction of sp³-hybridized carbons (Fsp3) is 0.529. The summed E-state index contributed by atoms with van der Waals surface area (Å²) in [7, 11) is 0. The second-order valence-electron chi connectivity index (χ2n) is 10.7. The number of allylic oxidation sites excluding steroid dienone is 1. The third-order valence-electron chi connectivity index (χ3n) is 7.36. The van der Waals surface area contributed by atoms with Crippen molar-refractivity contribution in [2.45, 2.75) is 116 Å². The maximum absolute atomic E-state index is 13.1. The van der Waals surface area contributed by atoms with E-state index in [4.69, 9.17) is 4.74 Å². The Balaban J connectivity index is 1.25. The molecular formula is C34H45FO3. The topological polar surface area (TPSA) is 43.4 Å². The predicted octanol–water partition coefficient (Wildman–Crippen LogP) is 9.81. The molecule has 1 aliphatic heterocycles. The van der Waals surface area contributed by atoms with Crippen LogP contribution >= 0.6 is 0 Å². The number of carbonyl (C=O) groups excluding carboxylic acids is 2. The van der Waals surface area contributed by atoms with Gasteiger partial charge in [-0.05, 0) is 47.9 Å². The van der Waals surface area contributed by atoms with Crippen molar-refractivity contribution in [1.82, 2.24) is 0 Å². The summed E-state index contributed by atoms with van der Waals surface area (Å²) in [4.78, 5) is 25.3. The number of hydrogen-bond donors (Lipinski definition) is 0. The van der Waals surface area contributed by atoms with E-state index >= 15 is 0 Å². The van der Waals surface area contributed by atoms with Crippen LogP contribution in [0.15, 0.2) is 48.2 Å². The SMILES string of the molecule is CCCCCCCCCCCCCCCCCC(=O)Cc1ccc2c(c1)C(=O)/C(=C/c1ccc(F)cc1)O2. The van der Waals surface area contributed by atoms with Crippen LogP contribution in [0.2, 0.25) is 0 Å². The quantitative estimate of drug-likeness (QED) is 0.137. The fourth-order valence-electron chi connectivity index (χ4n) is 5.07. The van der Waals surface area contributed by atoms with Crippen LogP contribution in [0.25, 0.3) is 6.08 Å². The molecule has 0 aliphatic carbocycles. The minimum Gasteiger partial charge on any atom is -0.452 e. The molecule has 1 heterocycles. The number of halogens is 1. The van der Waals surface area contributed by atoms with Crippen molar-refractivity contribution in [2.75, 3.05) is 0 Å². The Morgan fingerprint density at radius 2 is 1.32 bits per heavy atom. The van der Waals surface area contributed by atoms with E-state index in [1.165, 1.54) is 95.6 Å². The zero-order valence-electron chi connectivity index (χ0n) is 23.2. The van der Waals surface area contributed by atoms with Gasteiger partial charge in [-0.2, -0.15) is 0 Å². The van der Waals surface area contributed by atoms with Crippen molar-refractivity contribution in [3.8, 4) is 5.75 Å². The normalized spacial score (nSPS) is 13.6. The van der Waals surface area contributed by atoms with E-state index in [0.717, 1.165) is 18.4 Å². The monoisotopic (exact) mass is 520 g/mol. The van der Waals surface area contributed by atoms with Gasteiger partial charge in [0.05, 0.1) is 5.56 Å². The van der Waals surface area contributed by atoms with Crippen LogP contribution in [-0.4, -0.2) is 11.6 Å². The smallest absolute Gasteiger partial charge is 0.231 e. The Kier molecular flexibility index (Phi) is 13.3. The van der Waals surface area contributed by atoms with E-state index in [1.807, 2.05) is 6.07 Å². The lowest BCUT2D eigenvalue weighted by molar-refractivity contribution is -0.118. The summed E-state index contributed by atoms with van der Waals surface area (Å²) < 4.78 is 18.8. The number of benzene rings is 2. The van der Waals surface area contributed by atoms with E-state index in [-0.39, 0.29) is 23.1 Å². The molecule has 0 amide bonds. The van der Waals surface area contributed by atoms with Gasteiger partial charge in [0.15, 0.2) is 5.76 Å². The van der Waals surface area contributed by atoms with Crippen molar-refractivity contribution >= 4 is 17.6 Å². The number of ether oxygens (including phenoxy) is 1. The molecule has 0 N–H and O–H groups in total. The average Bonchev–Trinajstić information content (AvgIpc) is 3.22. The molecule has 0 bridgehead atoms. The van der Waals surface area contributed by atoms with Gasteiger partial charge < -0.3 is 4.74 Å². The van der Waals surface area contributed by atoms with E-state index < -0.39 is 0 Å². The van der Waals surface area contributed by atoms with E-state index in [0.29, 0.717) is 29.7 Å². The average molecular weight is 521 g/mol. The first kappa shape index (κ1) is 29.8. The van der Waals surface area contributed by atoms with E-state index in [2.05, 4.69) is 6.92 Å². The number of carbonyl (C=O) groups is 2. The molecule has 0 saturated heterocycles. The van der Waals surface area contributed by atoms with Gasteiger partial charge in [0, 0.05) is 12.8 Å².